The van der Waals surface area contributed by atoms with Crippen LogP contribution in [-0.4, -0.2) is 38.0 Å². The van der Waals surface area contributed by atoms with Gasteiger partial charge in [-0.2, -0.15) is 0 Å². The van der Waals surface area contributed by atoms with Crippen molar-refractivity contribution in [1.82, 2.24) is 0 Å². The monoisotopic (exact) mass is 301 g/mol. The van der Waals surface area contributed by atoms with Gasteiger partial charge < -0.3 is 9.84 Å². The van der Waals surface area contributed by atoms with E-state index in [0.29, 0.717) is 0 Å². The molecule has 20 heavy (non-hydrogen) atoms. The van der Waals surface area contributed by atoms with E-state index >= 15 is 0 Å². The Balaban J connectivity index is 2.84. The lowest BCUT2D eigenvalue weighted by Crippen LogP contribution is -2.22. The zero-order valence-electron chi connectivity index (χ0n) is 11.7. The predicted octanol–water partition coefficient (Wildman–Crippen LogP) is 1.86. The number of carboxylic acids is 1. The third kappa shape index (κ3) is 5.18. The fourth-order valence-electron chi connectivity index (χ4n) is 1.54. The topological polar surface area (TPSA) is 92.7 Å². The molecular weight excluding hydrogens is 282 g/mol. The van der Waals surface area contributed by atoms with Crippen LogP contribution in [0.25, 0.3) is 0 Å². The van der Waals surface area contributed by atoms with Crippen LogP contribution in [0, 0.1) is 6.92 Å². The molecule has 1 aromatic rings. The van der Waals surface area contributed by atoms with Crippen molar-refractivity contribution < 1.29 is 23.1 Å². The summed E-state index contributed by atoms with van der Waals surface area (Å²) in [6, 6.07) is 4.51. The molecule has 2 N–H and O–H groups in total. The van der Waals surface area contributed by atoms with Gasteiger partial charge in [0.2, 0.25) is 10.0 Å². The largest absolute Gasteiger partial charge is 0.478 e. The summed E-state index contributed by atoms with van der Waals surface area (Å²) in [5.41, 5.74) is 0.736. The van der Waals surface area contributed by atoms with Crippen molar-refractivity contribution in [3.05, 3.63) is 29.3 Å². The Hall–Kier alpha value is -1.60. The van der Waals surface area contributed by atoms with Crippen LogP contribution in [-0.2, 0) is 14.8 Å². The molecule has 0 aliphatic heterocycles. The molecule has 7 heteroatoms. The zero-order chi connectivity index (χ0) is 15.3. The van der Waals surface area contributed by atoms with E-state index < -0.39 is 16.0 Å². The van der Waals surface area contributed by atoms with Gasteiger partial charge >= 0.3 is 5.97 Å². The Bertz CT molecular complexity index is 580. The number of nitrogens with one attached hydrogen (secondary N) is 1. The van der Waals surface area contributed by atoms with E-state index in [4.69, 9.17) is 9.84 Å². The molecule has 0 fully saturated rings. The lowest BCUT2D eigenvalue weighted by molar-refractivity contribution is 0.0698. The molecule has 0 radical (unpaired) electrons. The number of benzene rings is 1. The number of aryl methyl sites for hydroxylation is 1. The molecule has 0 heterocycles. The molecule has 6 nitrogen and oxygen atoms in total. The zero-order valence-corrected chi connectivity index (χ0v) is 12.5. The van der Waals surface area contributed by atoms with E-state index in [-0.39, 0.29) is 29.7 Å². The summed E-state index contributed by atoms with van der Waals surface area (Å²) in [6.07, 6.45) is -0.0563. The van der Waals surface area contributed by atoms with Crippen molar-refractivity contribution in [2.24, 2.45) is 0 Å². The first-order valence-electron chi connectivity index (χ1n) is 6.17. The Labute approximate surface area is 118 Å². The number of hydrogen-bond donors (Lipinski definition) is 2. The Morgan fingerprint density at radius 2 is 2.05 bits per heavy atom. The first kappa shape index (κ1) is 16.5. The van der Waals surface area contributed by atoms with Gasteiger partial charge in [-0.25, -0.2) is 13.2 Å². The van der Waals surface area contributed by atoms with Gasteiger partial charge in [0.05, 0.1) is 29.7 Å². The highest BCUT2D eigenvalue weighted by Crippen LogP contribution is 2.18. The minimum absolute atomic E-state index is 0.0563. The van der Waals surface area contributed by atoms with Gasteiger partial charge in [-0.3, -0.25) is 4.72 Å². The summed E-state index contributed by atoms with van der Waals surface area (Å²) in [4.78, 5) is 11.1. The van der Waals surface area contributed by atoms with Gasteiger partial charge in [-0.05, 0) is 32.9 Å². The highest BCUT2D eigenvalue weighted by atomic mass is 32.2. The number of carboxylic acid groups (broad SMARTS) is 1. The van der Waals surface area contributed by atoms with Crippen molar-refractivity contribution in [3.8, 4) is 0 Å². The molecule has 0 bridgehead atoms. The van der Waals surface area contributed by atoms with Gasteiger partial charge in [0, 0.05) is 0 Å². The predicted molar refractivity (Wildman–Crippen MR) is 76.6 cm³/mol. The molecule has 0 aliphatic carbocycles. The molecule has 1 aromatic carbocycles. The van der Waals surface area contributed by atoms with Crippen LogP contribution in [0.4, 0.5) is 5.69 Å². The van der Waals surface area contributed by atoms with Crippen molar-refractivity contribution in [2.75, 3.05) is 17.1 Å². The third-order valence-corrected chi connectivity index (χ3v) is 3.71. The van der Waals surface area contributed by atoms with Gasteiger partial charge in [-0.15, -0.1) is 0 Å². The number of sulfonamides is 1. The van der Waals surface area contributed by atoms with Crippen LogP contribution in [0.1, 0.15) is 29.8 Å². The normalized spacial score (nSPS) is 11.6. The highest BCUT2D eigenvalue weighted by Gasteiger charge is 2.16. The van der Waals surface area contributed by atoms with E-state index in [2.05, 4.69) is 4.72 Å². The number of ether oxygens (including phenoxy) is 1. The van der Waals surface area contributed by atoms with Crippen molar-refractivity contribution in [1.29, 1.82) is 0 Å². The van der Waals surface area contributed by atoms with E-state index in [9.17, 15) is 13.2 Å². The second-order valence-electron chi connectivity index (χ2n) is 4.69. The number of aromatic carboxylic acids is 1. The molecule has 0 saturated carbocycles. The molecule has 0 spiro atoms. The summed E-state index contributed by atoms with van der Waals surface area (Å²) in [6.45, 7) is 5.41. The average Bonchev–Trinajstić information content (AvgIpc) is 2.30. The van der Waals surface area contributed by atoms with Crippen LogP contribution in [0.3, 0.4) is 0 Å². The maximum absolute atomic E-state index is 11.9. The van der Waals surface area contributed by atoms with E-state index in [1.807, 2.05) is 13.8 Å². The van der Waals surface area contributed by atoms with Gasteiger partial charge in [-0.1, -0.05) is 11.6 Å². The lowest BCUT2D eigenvalue weighted by Gasteiger charge is -2.12. The second kappa shape index (κ2) is 6.71. The first-order valence-corrected chi connectivity index (χ1v) is 7.82. The molecule has 0 saturated heterocycles. The fraction of sp³-hybridized carbons (Fsp3) is 0.462. The smallest absolute Gasteiger partial charge is 0.337 e. The third-order valence-electron chi connectivity index (χ3n) is 2.47. The Morgan fingerprint density at radius 1 is 1.40 bits per heavy atom. The SMILES string of the molecule is Cc1ccc(NS(=O)(=O)CCOC(C)C)c(C(=O)O)c1. The summed E-state index contributed by atoms with van der Waals surface area (Å²) in [5.74, 6) is -1.40. The molecular formula is C13H19NO5S. The summed E-state index contributed by atoms with van der Waals surface area (Å²) in [5, 5.41) is 9.08. The highest BCUT2D eigenvalue weighted by molar-refractivity contribution is 7.92. The van der Waals surface area contributed by atoms with Crippen LogP contribution in [0.5, 0.6) is 0 Å². The van der Waals surface area contributed by atoms with Gasteiger partial charge in [0.1, 0.15) is 0 Å². The lowest BCUT2D eigenvalue weighted by atomic mass is 10.1. The average molecular weight is 301 g/mol. The molecule has 0 aromatic heterocycles. The number of carbonyl (C=O) groups is 1. The van der Waals surface area contributed by atoms with Crippen LogP contribution in [0.2, 0.25) is 0 Å². The van der Waals surface area contributed by atoms with Crippen molar-refractivity contribution in [2.45, 2.75) is 26.9 Å². The maximum Gasteiger partial charge on any atom is 0.337 e. The number of anilines is 1. The van der Waals surface area contributed by atoms with Crippen molar-refractivity contribution >= 4 is 21.7 Å². The standard InChI is InChI=1S/C13H19NO5S/c1-9(2)19-6-7-20(17,18)14-12-5-4-10(3)8-11(12)13(15)16/h4-5,8-9,14H,6-7H2,1-3H3,(H,15,16). The maximum atomic E-state index is 11.9. The quantitative estimate of drug-likeness (QED) is 0.802. The molecule has 1 rings (SSSR count). The number of rotatable bonds is 7. The minimum atomic E-state index is -3.64. The summed E-state index contributed by atoms with van der Waals surface area (Å²) < 4.78 is 31.2. The Kier molecular flexibility index (Phi) is 5.52. The molecule has 0 unspecified atom stereocenters. The summed E-state index contributed by atoms with van der Waals surface area (Å²) >= 11 is 0. The van der Waals surface area contributed by atoms with E-state index in [0.717, 1.165) is 5.56 Å². The van der Waals surface area contributed by atoms with Crippen molar-refractivity contribution in [3.63, 3.8) is 0 Å². The van der Waals surface area contributed by atoms with Gasteiger partial charge in [0.25, 0.3) is 0 Å². The first-order chi connectivity index (χ1) is 9.21. The molecule has 0 atom stereocenters. The summed E-state index contributed by atoms with van der Waals surface area (Å²) in [7, 11) is -3.64. The van der Waals surface area contributed by atoms with Crippen LogP contribution in [0.15, 0.2) is 18.2 Å². The minimum Gasteiger partial charge on any atom is -0.478 e. The second-order valence-corrected chi connectivity index (χ2v) is 6.54. The number of hydrogen-bond acceptors (Lipinski definition) is 4. The van der Waals surface area contributed by atoms with E-state index in [1.165, 1.54) is 12.1 Å². The fourth-order valence-corrected chi connectivity index (χ4v) is 2.47. The van der Waals surface area contributed by atoms with Crippen LogP contribution >= 0.6 is 0 Å². The molecule has 0 amide bonds. The van der Waals surface area contributed by atoms with E-state index in [1.54, 1.807) is 13.0 Å². The van der Waals surface area contributed by atoms with Gasteiger partial charge in [0.15, 0.2) is 0 Å². The molecule has 112 valence electrons. The Morgan fingerprint density at radius 3 is 2.60 bits per heavy atom. The molecule has 0 aliphatic rings. The van der Waals surface area contributed by atoms with Crippen LogP contribution < -0.4 is 4.72 Å².